The smallest absolute Gasteiger partial charge is 0.259 e. The zero-order chi connectivity index (χ0) is 16.2. The quantitative estimate of drug-likeness (QED) is 0.849. The Hall–Kier alpha value is -2.11. The molecule has 2 amide bonds. The van der Waals surface area contributed by atoms with Crippen molar-refractivity contribution in [1.82, 2.24) is 14.8 Å². The van der Waals surface area contributed by atoms with Crippen molar-refractivity contribution in [3.8, 4) is 5.88 Å². The first kappa shape index (κ1) is 15.8. The van der Waals surface area contributed by atoms with Gasteiger partial charge in [-0.2, -0.15) is 0 Å². The van der Waals surface area contributed by atoms with Gasteiger partial charge in [-0.05, 0) is 37.8 Å². The summed E-state index contributed by atoms with van der Waals surface area (Å²) in [6.45, 7) is 3.01. The average molecular weight is 317 g/mol. The van der Waals surface area contributed by atoms with E-state index in [2.05, 4.69) is 4.98 Å². The van der Waals surface area contributed by atoms with E-state index in [9.17, 15) is 9.59 Å². The molecule has 23 heavy (non-hydrogen) atoms. The van der Waals surface area contributed by atoms with Gasteiger partial charge in [0.1, 0.15) is 5.56 Å². The van der Waals surface area contributed by atoms with Crippen molar-refractivity contribution in [2.24, 2.45) is 5.92 Å². The molecule has 0 saturated carbocycles. The van der Waals surface area contributed by atoms with Gasteiger partial charge in [0.2, 0.25) is 11.8 Å². The molecular weight excluding hydrogens is 294 g/mol. The lowest BCUT2D eigenvalue weighted by atomic mass is 9.95. The van der Waals surface area contributed by atoms with Gasteiger partial charge in [0.25, 0.3) is 5.91 Å². The van der Waals surface area contributed by atoms with Crippen LogP contribution in [0, 0.1) is 5.92 Å². The summed E-state index contributed by atoms with van der Waals surface area (Å²) in [7, 11) is 1.51. The Labute approximate surface area is 136 Å². The summed E-state index contributed by atoms with van der Waals surface area (Å²) >= 11 is 0. The summed E-state index contributed by atoms with van der Waals surface area (Å²) in [5.74, 6) is 0.622. The van der Waals surface area contributed by atoms with Crippen LogP contribution >= 0.6 is 0 Å². The standard InChI is InChI=1S/C17H23N3O3/c1-23-15-14(5-4-8-18-15)17(22)20-11-6-13(7-12-20)16(21)19-9-2-3-10-19/h4-5,8,13H,2-3,6-7,9-12H2,1H3. The maximum atomic E-state index is 12.6. The minimum atomic E-state index is -0.0676. The molecule has 0 atom stereocenters. The van der Waals surface area contributed by atoms with Crippen molar-refractivity contribution < 1.29 is 14.3 Å². The van der Waals surface area contributed by atoms with Crippen LogP contribution in [-0.4, -0.2) is 59.9 Å². The van der Waals surface area contributed by atoms with Crippen LogP contribution in [0.2, 0.25) is 0 Å². The molecule has 6 heteroatoms. The molecule has 6 nitrogen and oxygen atoms in total. The topological polar surface area (TPSA) is 62.7 Å². The van der Waals surface area contributed by atoms with Crippen LogP contribution in [0.15, 0.2) is 18.3 Å². The van der Waals surface area contributed by atoms with Crippen LogP contribution < -0.4 is 4.74 Å². The highest BCUT2D eigenvalue weighted by Crippen LogP contribution is 2.24. The van der Waals surface area contributed by atoms with E-state index < -0.39 is 0 Å². The number of piperidine rings is 1. The molecule has 0 bridgehead atoms. The fourth-order valence-electron chi connectivity index (χ4n) is 3.41. The summed E-state index contributed by atoms with van der Waals surface area (Å²) < 4.78 is 5.16. The monoisotopic (exact) mass is 317 g/mol. The number of ether oxygens (including phenoxy) is 1. The van der Waals surface area contributed by atoms with Crippen LogP contribution in [0.3, 0.4) is 0 Å². The van der Waals surface area contributed by atoms with Gasteiger partial charge < -0.3 is 14.5 Å². The zero-order valence-corrected chi connectivity index (χ0v) is 13.5. The second-order valence-electron chi connectivity index (χ2n) is 6.16. The number of carbonyl (C=O) groups is 2. The number of rotatable bonds is 3. The van der Waals surface area contributed by atoms with Crippen molar-refractivity contribution in [3.05, 3.63) is 23.9 Å². The maximum absolute atomic E-state index is 12.6. The van der Waals surface area contributed by atoms with E-state index in [1.54, 1.807) is 23.2 Å². The third-order valence-corrected chi connectivity index (χ3v) is 4.74. The minimum Gasteiger partial charge on any atom is -0.480 e. The van der Waals surface area contributed by atoms with E-state index in [-0.39, 0.29) is 17.7 Å². The lowest BCUT2D eigenvalue weighted by Gasteiger charge is -2.33. The first-order valence-electron chi connectivity index (χ1n) is 8.28. The molecule has 0 aliphatic carbocycles. The average Bonchev–Trinajstić information content (AvgIpc) is 3.15. The molecule has 0 spiro atoms. The number of carbonyl (C=O) groups excluding carboxylic acids is 2. The first-order chi connectivity index (χ1) is 11.2. The first-order valence-corrected chi connectivity index (χ1v) is 8.28. The third kappa shape index (κ3) is 3.30. The second kappa shape index (κ2) is 6.98. The fraction of sp³-hybridized carbons (Fsp3) is 0.588. The number of hydrogen-bond donors (Lipinski definition) is 0. The van der Waals surface area contributed by atoms with Crippen molar-refractivity contribution in [1.29, 1.82) is 0 Å². The number of aromatic nitrogens is 1. The molecule has 0 N–H and O–H groups in total. The van der Waals surface area contributed by atoms with Gasteiger partial charge >= 0.3 is 0 Å². The molecule has 0 aromatic carbocycles. The molecule has 1 aromatic rings. The molecule has 0 unspecified atom stereocenters. The second-order valence-corrected chi connectivity index (χ2v) is 6.16. The molecule has 2 saturated heterocycles. The molecule has 1 aromatic heterocycles. The Balaban J connectivity index is 1.60. The summed E-state index contributed by atoms with van der Waals surface area (Å²) in [5.41, 5.74) is 0.485. The van der Waals surface area contributed by atoms with Gasteiger partial charge in [-0.15, -0.1) is 0 Å². The Kier molecular flexibility index (Phi) is 4.79. The Bertz CT molecular complexity index is 576. The van der Waals surface area contributed by atoms with Gasteiger partial charge in [0, 0.05) is 38.3 Å². The fourth-order valence-corrected chi connectivity index (χ4v) is 3.41. The van der Waals surface area contributed by atoms with Gasteiger partial charge in [-0.1, -0.05) is 0 Å². The number of likely N-dealkylation sites (tertiary alicyclic amines) is 2. The predicted molar refractivity (Wildman–Crippen MR) is 85.2 cm³/mol. The Morgan fingerprint density at radius 3 is 2.48 bits per heavy atom. The molecular formula is C17H23N3O3. The van der Waals surface area contributed by atoms with Gasteiger partial charge in [0.05, 0.1) is 7.11 Å². The zero-order valence-electron chi connectivity index (χ0n) is 13.5. The van der Waals surface area contributed by atoms with Crippen molar-refractivity contribution in [3.63, 3.8) is 0 Å². The van der Waals surface area contributed by atoms with E-state index in [1.807, 2.05) is 4.90 Å². The van der Waals surface area contributed by atoms with Crippen LogP contribution in [0.5, 0.6) is 5.88 Å². The lowest BCUT2D eigenvalue weighted by Crippen LogP contribution is -2.43. The van der Waals surface area contributed by atoms with E-state index in [1.165, 1.54) is 7.11 Å². The molecule has 124 valence electrons. The normalized spacial score (nSPS) is 19.0. The number of hydrogen-bond acceptors (Lipinski definition) is 4. The summed E-state index contributed by atoms with van der Waals surface area (Å²) in [5, 5.41) is 0. The SMILES string of the molecule is COc1ncccc1C(=O)N1CCC(C(=O)N2CCCC2)CC1. The van der Waals surface area contributed by atoms with Crippen molar-refractivity contribution >= 4 is 11.8 Å². The predicted octanol–water partition coefficient (Wildman–Crippen LogP) is 1.56. The third-order valence-electron chi connectivity index (χ3n) is 4.74. The molecule has 2 aliphatic rings. The van der Waals surface area contributed by atoms with Crippen LogP contribution in [0.1, 0.15) is 36.0 Å². The Morgan fingerprint density at radius 1 is 1.13 bits per heavy atom. The van der Waals surface area contributed by atoms with Crippen molar-refractivity contribution in [2.75, 3.05) is 33.3 Å². The molecule has 2 fully saturated rings. The Morgan fingerprint density at radius 2 is 1.83 bits per heavy atom. The highest BCUT2D eigenvalue weighted by molar-refractivity contribution is 5.96. The molecule has 3 heterocycles. The summed E-state index contributed by atoms with van der Waals surface area (Å²) in [6.07, 6.45) is 5.32. The maximum Gasteiger partial charge on any atom is 0.259 e. The van der Waals surface area contributed by atoms with Crippen LogP contribution in [0.25, 0.3) is 0 Å². The summed E-state index contributed by atoms with van der Waals surface area (Å²) in [4.78, 5) is 32.9. The highest BCUT2D eigenvalue weighted by atomic mass is 16.5. The largest absolute Gasteiger partial charge is 0.480 e. The summed E-state index contributed by atoms with van der Waals surface area (Å²) in [6, 6.07) is 3.47. The van der Waals surface area contributed by atoms with Crippen molar-refractivity contribution in [2.45, 2.75) is 25.7 Å². The number of pyridine rings is 1. The van der Waals surface area contributed by atoms with E-state index in [4.69, 9.17) is 4.74 Å². The van der Waals surface area contributed by atoms with E-state index in [0.717, 1.165) is 38.8 Å². The van der Waals surface area contributed by atoms with Gasteiger partial charge in [0.15, 0.2) is 0 Å². The van der Waals surface area contributed by atoms with Crippen LogP contribution in [-0.2, 0) is 4.79 Å². The molecule has 0 radical (unpaired) electrons. The lowest BCUT2D eigenvalue weighted by molar-refractivity contribution is -0.135. The number of amides is 2. The minimum absolute atomic E-state index is 0.0629. The van der Waals surface area contributed by atoms with E-state index >= 15 is 0 Å². The van der Waals surface area contributed by atoms with Gasteiger partial charge in [-0.3, -0.25) is 9.59 Å². The number of methoxy groups -OCH3 is 1. The number of nitrogens with zero attached hydrogens (tertiary/aromatic N) is 3. The van der Waals surface area contributed by atoms with Gasteiger partial charge in [-0.25, -0.2) is 4.98 Å². The molecule has 3 rings (SSSR count). The highest BCUT2D eigenvalue weighted by Gasteiger charge is 2.32. The van der Waals surface area contributed by atoms with E-state index in [0.29, 0.717) is 24.5 Å². The molecule has 2 aliphatic heterocycles. The van der Waals surface area contributed by atoms with Crippen LogP contribution in [0.4, 0.5) is 0 Å².